The van der Waals surface area contributed by atoms with E-state index in [-0.39, 0.29) is 0 Å². The van der Waals surface area contributed by atoms with Crippen LogP contribution in [0.25, 0.3) is 0 Å². The Balaban J connectivity index is 3.40. The lowest BCUT2D eigenvalue weighted by Crippen LogP contribution is -2.37. The minimum absolute atomic E-state index is 0.313. The van der Waals surface area contributed by atoms with E-state index in [0.29, 0.717) is 6.54 Å². The maximum Gasteiger partial charge on any atom is 0.320 e. The normalized spacial score (nSPS) is 16.3. The van der Waals surface area contributed by atoms with Crippen LogP contribution in [0.15, 0.2) is 0 Å². The third kappa shape index (κ3) is 4.29. The molecule has 0 saturated heterocycles. The minimum atomic E-state index is -0.902. The number of rotatable bonds is 4. The largest absolute Gasteiger partial charge is 0.480 e. The number of carboxylic acid groups (broad SMARTS) is 1. The monoisotopic (exact) mass is 147 g/mol. The average Bonchev–Trinajstić information content (AvgIpc) is 1.82. The molecule has 0 spiro atoms. The summed E-state index contributed by atoms with van der Waals surface area (Å²) in [6.07, 6.45) is -0.498. The van der Waals surface area contributed by atoms with E-state index >= 15 is 0 Å². The zero-order chi connectivity index (χ0) is 8.15. The molecule has 0 saturated carbocycles. The van der Waals surface area contributed by atoms with Crippen LogP contribution in [0.4, 0.5) is 0 Å². The first kappa shape index (κ1) is 9.39. The van der Waals surface area contributed by atoms with Gasteiger partial charge in [-0.1, -0.05) is 0 Å². The van der Waals surface area contributed by atoms with E-state index in [1.165, 1.54) is 6.92 Å². The predicted octanol–water partition coefficient (Wildman–Crippen LogP) is -0.570. The highest BCUT2D eigenvalue weighted by Gasteiger charge is 2.09. The number of hydrogen-bond acceptors (Lipinski definition) is 3. The topological polar surface area (TPSA) is 69.6 Å². The molecule has 60 valence electrons. The van der Waals surface area contributed by atoms with Gasteiger partial charge in [-0.2, -0.15) is 0 Å². The zero-order valence-electron chi connectivity index (χ0n) is 6.16. The molecule has 0 bridgehead atoms. The van der Waals surface area contributed by atoms with Crippen LogP contribution in [0, 0.1) is 0 Å². The van der Waals surface area contributed by atoms with E-state index in [2.05, 4.69) is 5.32 Å². The second kappa shape index (κ2) is 4.24. The summed E-state index contributed by atoms with van der Waals surface area (Å²) in [6, 6.07) is -0.588. The van der Waals surface area contributed by atoms with Gasteiger partial charge in [-0.3, -0.25) is 4.79 Å². The molecule has 0 aliphatic rings. The first-order valence-corrected chi connectivity index (χ1v) is 3.18. The third-order valence-electron chi connectivity index (χ3n) is 1.09. The summed E-state index contributed by atoms with van der Waals surface area (Å²) in [5, 5.41) is 19.7. The first-order valence-electron chi connectivity index (χ1n) is 3.18. The number of aliphatic hydroxyl groups is 1. The molecule has 2 atom stereocenters. The zero-order valence-corrected chi connectivity index (χ0v) is 6.16. The molecule has 0 fully saturated rings. The van der Waals surface area contributed by atoms with Crippen molar-refractivity contribution in [3.63, 3.8) is 0 Å². The molecule has 0 amide bonds. The fourth-order valence-electron chi connectivity index (χ4n) is 0.435. The number of hydrogen-bond donors (Lipinski definition) is 3. The van der Waals surface area contributed by atoms with Crippen LogP contribution in [0.2, 0.25) is 0 Å². The van der Waals surface area contributed by atoms with Crippen LogP contribution in [-0.4, -0.2) is 34.9 Å². The van der Waals surface area contributed by atoms with E-state index in [9.17, 15) is 4.79 Å². The quantitative estimate of drug-likeness (QED) is 0.498. The second-order valence-corrected chi connectivity index (χ2v) is 2.32. The Hall–Kier alpha value is -0.610. The maximum atomic E-state index is 10.2. The van der Waals surface area contributed by atoms with Gasteiger partial charge in [0.25, 0.3) is 0 Å². The van der Waals surface area contributed by atoms with Crippen molar-refractivity contribution < 1.29 is 15.0 Å². The van der Waals surface area contributed by atoms with Crippen LogP contribution in [0.5, 0.6) is 0 Å². The molecular formula is C6H13NO3. The molecule has 0 heterocycles. The van der Waals surface area contributed by atoms with Gasteiger partial charge in [0, 0.05) is 6.54 Å². The van der Waals surface area contributed by atoms with Gasteiger partial charge in [0.2, 0.25) is 0 Å². The minimum Gasteiger partial charge on any atom is -0.480 e. The van der Waals surface area contributed by atoms with Gasteiger partial charge in [0.05, 0.1) is 6.10 Å². The SMILES string of the molecule is CC(O)CN[C@@H](C)C(=O)O. The highest BCUT2D eigenvalue weighted by molar-refractivity contribution is 5.72. The van der Waals surface area contributed by atoms with Crippen LogP contribution in [-0.2, 0) is 4.79 Å². The molecule has 0 aromatic rings. The summed E-state index contributed by atoms with van der Waals surface area (Å²) in [4.78, 5) is 10.2. The molecule has 0 aliphatic heterocycles. The van der Waals surface area contributed by atoms with Crippen LogP contribution in [0.1, 0.15) is 13.8 Å². The van der Waals surface area contributed by atoms with Crippen molar-refractivity contribution in [3.05, 3.63) is 0 Å². The molecule has 4 nitrogen and oxygen atoms in total. The smallest absolute Gasteiger partial charge is 0.320 e. The number of aliphatic carboxylic acids is 1. The molecule has 0 rings (SSSR count). The highest BCUT2D eigenvalue weighted by atomic mass is 16.4. The van der Waals surface area contributed by atoms with Gasteiger partial charge in [0.15, 0.2) is 0 Å². The Morgan fingerprint density at radius 2 is 2.10 bits per heavy atom. The van der Waals surface area contributed by atoms with E-state index in [4.69, 9.17) is 10.2 Å². The fourth-order valence-corrected chi connectivity index (χ4v) is 0.435. The van der Waals surface area contributed by atoms with Crippen molar-refractivity contribution in [2.24, 2.45) is 0 Å². The summed E-state index contributed by atoms with van der Waals surface area (Å²) < 4.78 is 0. The summed E-state index contributed by atoms with van der Waals surface area (Å²) in [7, 11) is 0. The van der Waals surface area contributed by atoms with Gasteiger partial charge in [-0.05, 0) is 13.8 Å². The Bertz CT molecular complexity index is 114. The molecule has 3 N–H and O–H groups in total. The van der Waals surface area contributed by atoms with Gasteiger partial charge < -0.3 is 15.5 Å². The lowest BCUT2D eigenvalue weighted by Gasteiger charge is -2.09. The molecule has 0 aromatic carbocycles. The number of aliphatic hydroxyl groups excluding tert-OH is 1. The molecular weight excluding hydrogens is 134 g/mol. The van der Waals surface area contributed by atoms with Gasteiger partial charge in [0.1, 0.15) is 6.04 Å². The first-order chi connectivity index (χ1) is 4.54. The lowest BCUT2D eigenvalue weighted by atomic mass is 10.3. The van der Waals surface area contributed by atoms with Crippen molar-refractivity contribution in [1.82, 2.24) is 5.32 Å². The van der Waals surface area contributed by atoms with Crippen LogP contribution < -0.4 is 5.32 Å². The highest BCUT2D eigenvalue weighted by Crippen LogP contribution is 1.82. The number of carboxylic acids is 1. The Morgan fingerprint density at radius 3 is 2.40 bits per heavy atom. The molecule has 4 heteroatoms. The molecule has 0 aromatic heterocycles. The standard InChI is InChI=1S/C6H13NO3/c1-4(8)3-7-5(2)6(9)10/h4-5,7-8H,3H2,1-2H3,(H,9,10)/t4?,5-/m0/s1. The number of nitrogens with one attached hydrogen (secondary N) is 1. The fraction of sp³-hybridized carbons (Fsp3) is 0.833. The van der Waals surface area contributed by atoms with Crippen molar-refractivity contribution in [3.8, 4) is 0 Å². The third-order valence-corrected chi connectivity index (χ3v) is 1.09. The predicted molar refractivity (Wildman–Crippen MR) is 36.8 cm³/mol. The van der Waals surface area contributed by atoms with Crippen LogP contribution in [0.3, 0.4) is 0 Å². The lowest BCUT2D eigenvalue weighted by molar-refractivity contribution is -0.139. The van der Waals surface area contributed by atoms with E-state index in [1.54, 1.807) is 6.92 Å². The van der Waals surface area contributed by atoms with Gasteiger partial charge in [-0.15, -0.1) is 0 Å². The molecule has 10 heavy (non-hydrogen) atoms. The summed E-state index contributed by atoms with van der Waals surface area (Å²) in [5.41, 5.74) is 0. The van der Waals surface area contributed by atoms with E-state index < -0.39 is 18.1 Å². The van der Waals surface area contributed by atoms with E-state index in [0.717, 1.165) is 0 Å². The number of carbonyl (C=O) groups is 1. The summed E-state index contributed by atoms with van der Waals surface area (Å²) >= 11 is 0. The van der Waals surface area contributed by atoms with Crippen molar-refractivity contribution in [2.45, 2.75) is 26.0 Å². The maximum absolute atomic E-state index is 10.2. The Kier molecular flexibility index (Phi) is 3.99. The summed E-state index contributed by atoms with van der Waals surface area (Å²) in [5.74, 6) is -0.902. The van der Waals surface area contributed by atoms with Crippen molar-refractivity contribution in [2.75, 3.05) is 6.54 Å². The second-order valence-electron chi connectivity index (χ2n) is 2.32. The molecule has 0 radical (unpaired) electrons. The van der Waals surface area contributed by atoms with Gasteiger partial charge in [-0.25, -0.2) is 0 Å². The van der Waals surface area contributed by atoms with Crippen molar-refractivity contribution in [1.29, 1.82) is 0 Å². The molecule has 1 unspecified atom stereocenters. The van der Waals surface area contributed by atoms with Crippen molar-refractivity contribution >= 4 is 5.97 Å². The van der Waals surface area contributed by atoms with Gasteiger partial charge >= 0.3 is 5.97 Å². The average molecular weight is 147 g/mol. The Labute approximate surface area is 59.9 Å². The molecule has 0 aliphatic carbocycles. The van der Waals surface area contributed by atoms with Crippen LogP contribution >= 0.6 is 0 Å². The summed E-state index contributed by atoms with van der Waals surface area (Å²) in [6.45, 7) is 3.44. The van der Waals surface area contributed by atoms with E-state index in [1.807, 2.05) is 0 Å². The Morgan fingerprint density at radius 1 is 1.60 bits per heavy atom.